The van der Waals surface area contributed by atoms with Crippen LogP contribution in [0.25, 0.3) is 0 Å². The summed E-state index contributed by atoms with van der Waals surface area (Å²) in [7, 11) is 1.48. The van der Waals surface area contributed by atoms with Gasteiger partial charge in [-0.1, -0.05) is 0 Å². The van der Waals surface area contributed by atoms with Crippen LogP contribution in [0, 0.1) is 6.92 Å². The average Bonchev–Trinajstić information content (AvgIpc) is 2.65. The summed E-state index contributed by atoms with van der Waals surface area (Å²) >= 11 is 3.87. The molecule has 92 valence electrons. The summed E-state index contributed by atoms with van der Waals surface area (Å²) in [5.41, 5.74) is 0. The second-order valence-electron chi connectivity index (χ2n) is 2.97. The normalized spacial score (nSPS) is 9.00. The number of rotatable bonds is 3. The van der Waals surface area contributed by atoms with E-state index in [0.717, 1.165) is 4.88 Å². The summed E-state index contributed by atoms with van der Waals surface area (Å²) in [6.45, 7) is 1.63. The second-order valence-corrected chi connectivity index (χ2v) is 4.25. The Kier molecular flexibility index (Phi) is 7.06. The molecule has 1 amide bonds. The molecule has 0 saturated heterocycles. The molecule has 0 aliphatic carbocycles. The number of carboxylic acid groups (broad SMARTS) is 1. The fourth-order valence-corrected chi connectivity index (χ4v) is 1.87. The molecule has 0 aliphatic rings. The Morgan fingerprint density at radius 3 is 2.44 bits per heavy atom. The van der Waals surface area contributed by atoms with E-state index in [1.807, 2.05) is 13.0 Å². The Morgan fingerprint density at radius 2 is 2.06 bits per heavy atom. The van der Waals surface area contributed by atoms with Gasteiger partial charge in [-0.25, -0.2) is 0 Å². The number of aryl methyl sites for hydroxylation is 1. The van der Waals surface area contributed by atoms with Gasteiger partial charge >= 0.3 is 29.7 Å². The van der Waals surface area contributed by atoms with E-state index >= 15 is 0 Å². The zero-order valence-electron chi connectivity index (χ0n) is 9.00. The van der Waals surface area contributed by atoms with E-state index in [1.54, 1.807) is 6.07 Å². The van der Waals surface area contributed by atoms with E-state index in [1.165, 1.54) is 23.3 Å². The second kappa shape index (κ2) is 7.45. The van der Waals surface area contributed by atoms with Crippen molar-refractivity contribution in [1.29, 1.82) is 0 Å². The number of carbonyl (C=O) groups excluding carboxylic acids is 1. The van der Waals surface area contributed by atoms with Gasteiger partial charge in [0.15, 0.2) is 0 Å². The molecule has 0 spiro atoms. The third kappa shape index (κ3) is 4.80. The van der Waals surface area contributed by atoms with Gasteiger partial charge in [0.05, 0.1) is 4.88 Å². The van der Waals surface area contributed by atoms with Crippen LogP contribution in [0.2, 0.25) is 0 Å². The molecule has 4 nitrogen and oxygen atoms in total. The first-order chi connectivity index (χ1) is 7.50. The first-order valence-corrected chi connectivity index (χ1v) is 6.18. The zero-order valence-corrected chi connectivity index (χ0v) is 11.4. The molecular weight excluding hydrogens is 321 g/mol. The van der Waals surface area contributed by atoms with Gasteiger partial charge in [0, 0.05) is 11.9 Å². The SMILES string of the molecule is Cc1ccc(C(=O)N(C)CC(=O)O)s1.[CH2]=[Pd]. The Labute approximate surface area is 109 Å². The molecule has 0 fully saturated rings. The monoisotopic (exact) mass is 333 g/mol. The molecule has 16 heavy (non-hydrogen) atoms. The number of aliphatic carboxylic acids is 1. The van der Waals surface area contributed by atoms with Crippen molar-refractivity contribution in [2.24, 2.45) is 0 Å². The Hall–Kier alpha value is -0.828. The maximum atomic E-state index is 11.6. The van der Waals surface area contributed by atoms with Crippen LogP contribution in [0.1, 0.15) is 14.5 Å². The molecule has 0 saturated carbocycles. The van der Waals surface area contributed by atoms with E-state index < -0.39 is 5.97 Å². The van der Waals surface area contributed by atoms with Crippen LogP contribution in [0.4, 0.5) is 0 Å². The zero-order chi connectivity index (χ0) is 12.7. The third-order valence-electron chi connectivity index (χ3n) is 1.67. The number of hydrogen-bond acceptors (Lipinski definition) is 3. The molecule has 1 aromatic rings. The van der Waals surface area contributed by atoms with Crippen LogP contribution >= 0.6 is 11.3 Å². The van der Waals surface area contributed by atoms with Crippen molar-refractivity contribution in [2.45, 2.75) is 6.92 Å². The molecule has 0 bridgehead atoms. The number of nitrogens with zero attached hydrogens (tertiary/aromatic N) is 1. The van der Waals surface area contributed by atoms with Crippen molar-refractivity contribution in [1.82, 2.24) is 4.90 Å². The van der Waals surface area contributed by atoms with Gasteiger partial charge in [-0.05, 0) is 19.1 Å². The van der Waals surface area contributed by atoms with E-state index in [2.05, 4.69) is 23.7 Å². The predicted molar refractivity (Wildman–Crippen MR) is 60.8 cm³/mol. The molecule has 0 aromatic carbocycles. The number of carboxylic acids is 1. The molecule has 0 radical (unpaired) electrons. The van der Waals surface area contributed by atoms with Crippen LogP contribution < -0.4 is 0 Å². The third-order valence-corrected chi connectivity index (χ3v) is 2.66. The van der Waals surface area contributed by atoms with Crippen molar-refractivity contribution in [3.05, 3.63) is 21.9 Å². The van der Waals surface area contributed by atoms with E-state index in [-0.39, 0.29) is 12.5 Å². The number of carbonyl (C=O) groups is 2. The minimum absolute atomic E-state index is 0.245. The minimum atomic E-state index is -1.01. The molecule has 0 aliphatic heterocycles. The molecule has 1 aromatic heterocycles. The summed E-state index contributed by atoms with van der Waals surface area (Å²) in [5, 5.41) is 8.49. The Morgan fingerprint density at radius 1 is 1.50 bits per heavy atom. The van der Waals surface area contributed by atoms with Gasteiger partial charge in [-0.2, -0.15) is 0 Å². The van der Waals surface area contributed by atoms with Crippen molar-refractivity contribution in [3.8, 4) is 0 Å². The topological polar surface area (TPSA) is 57.6 Å². The summed E-state index contributed by atoms with van der Waals surface area (Å²) in [4.78, 5) is 27.8. The fourth-order valence-electron chi connectivity index (χ4n) is 1.01. The van der Waals surface area contributed by atoms with E-state index in [4.69, 9.17) is 5.11 Å². The predicted octanol–water partition coefficient (Wildman–Crippen LogP) is 1.18. The Bertz CT molecular complexity index is 378. The van der Waals surface area contributed by atoms with E-state index in [0.29, 0.717) is 4.88 Å². The van der Waals surface area contributed by atoms with Gasteiger partial charge in [0.1, 0.15) is 6.54 Å². The van der Waals surface area contributed by atoms with Gasteiger partial charge in [0.25, 0.3) is 5.91 Å². The molecule has 1 rings (SSSR count). The van der Waals surface area contributed by atoms with Crippen molar-refractivity contribution >= 4 is 28.2 Å². The van der Waals surface area contributed by atoms with Crippen LogP contribution in [-0.2, 0) is 23.5 Å². The van der Waals surface area contributed by atoms with Gasteiger partial charge < -0.3 is 10.0 Å². The molecule has 6 heteroatoms. The molecule has 1 heterocycles. The first-order valence-electron chi connectivity index (χ1n) is 4.26. The average molecular weight is 334 g/mol. The summed E-state index contributed by atoms with van der Waals surface area (Å²) in [5.74, 6) is -1.25. The van der Waals surface area contributed by atoms with Gasteiger partial charge in [-0.3, -0.25) is 9.59 Å². The molecule has 1 N–H and O–H groups in total. The number of hydrogen-bond donors (Lipinski definition) is 1. The Balaban J connectivity index is 0.00000106. The first kappa shape index (κ1) is 15.2. The summed E-state index contributed by atoms with van der Waals surface area (Å²) < 4.78 is 0. The van der Waals surface area contributed by atoms with E-state index in [9.17, 15) is 9.59 Å². The number of amides is 1. The molecule has 0 unspecified atom stereocenters. The van der Waals surface area contributed by atoms with Crippen molar-refractivity contribution in [2.75, 3.05) is 13.6 Å². The molecule has 0 atom stereocenters. The summed E-state index contributed by atoms with van der Waals surface area (Å²) in [6.07, 6.45) is 0. The van der Waals surface area contributed by atoms with Crippen LogP contribution in [0.3, 0.4) is 0 Å². The maximum absolute atomic E-state index is 11.6. The van der Waals surface area contributed by atoms with Gasteiger partial charge in [0.2, 0.25) is 0 Å². The summed E-state index contributed by atoms with van der Waals surface area (Å²) in [6, 6.07) is 3.55. The number of thiophene rings is 1. The quantitative estimate of drug-likeness (QED) is 0.845. The van der Waals surface area contributed by atoms with Crippen molar-refractivity contribution < 1.29 is 33.4 Å². The van der Waals surface area contributed by atoms with Gasteiger partial charge in [-0.15, -0.1) is 11.3 Å². The van der Waals surface area contributed by atoms with Crippen molar-refractivity contribution in [3.63, 3.8) is 0 Å². The number of likely N-dealkylation sites (N-methyl/N-ethyl adjacent to an activating group) is 1. The van der Waals surface area contributed by atoms with Crippen LogP contribution in [0.15, 0.2) is 12.1 Å². The standard InChI is InChI=1S/C9H11NO3S.CH2.Pd/c1-6-3-4-7(14-6)9(13)10(2)5-8(11)12;;/h3-4H,5H2,1-2H3,(H,11,12);1H2;. The fraction of sp³-hybridized carbons (Fsp3) is 0.300. The molecular formula is C10H13NO3PdS. The van der Waals surface area contributed by atoms with Crippen LogP contribution in [-0.4, -0.2) is 40.5 Å². The van der Waals surface area contributed by atoms with Crippen LogP contribution in [0.5, 0.6) is 0 Å².